The van der Waals surface area contributed by atoms with Gasteiger partial charge in [0.05, 0.1) is 10.6 Å². The minimum absolute atomic E-state index is 0.714. The van der Waals surface area contributed by atoms with Crippen molar-refractivity contribution in [1.29, 1.82) is 5.26 Å². The summed E-state index contributed by atoms with van der Waals surface area (Å²) < 4.78 is 0. The number of pyridine rings is 1. The molecule has 3 nitrogen and oxygen atoms in total. The van der Waals surface area contributed by atoms with E-state index in [1.807, 2.05) is 37.3 Å². The molecule has 1 N–H and O–H groups in total. The summed E-state index contributed by atoms with van der Waals surface area (Å²) in [4.78, 5) is 6.21. The van der Waals surface area contributed by atoms with E-state index in [1.54, 1.807) is 0 Å². The van der Waals surface area contributed by atoms with Gasteiger partial charge in [0.25, 0.3) is 0 Å². The van der Waals surface area contributed by atoms with Gasteiger partial charge in [-0.3, -0.25) is 0 Å². The van der Waals surface area contributed by atoms with Gasteiger partial charge in [0, 0.05) is 6.54 Å². The summed E-state index contributed by atoms with van der Waals surface area (Å²) in [5, 5.41) is 11.9. The molecular weight excluding hydrogens is 218 g/mol. The molecule has 2 heterocycles. The molecule has 4 heteroatoms. The van der Waals surface area contributed by atoms with Gasteiger partial charge in [-0.25, -0.2) is 4.98 Å². The average Bonchev–Trinajstić information content (AvgIpc) is 2.78. The topological polar surface area (TPSA) is 48.7 Å². The van der Waals surface area contributed by atoms with Crippen LogP contribution in [0.25, 0.3) is 10.6 Å². The zero-order valence-corrected chi connectivity index (χ0v) is 9.71. The predicted molar refractivity (Wildman–Crippen MR) is 66.4 cm³/mol. The van der Waals surface area contributed by atoms with Crippen LogP contribution >= 0.6 is 11.3 Å². The van der Waals surface area contributed by atoms with Gasteiger partial charge in [0.1, 0.15) is 16.8 Å². The van der Waals surface area contributed by atoms with Gasteiger partial charge in [0.2, 0.25) is 0 Å². The smallest absolute Gasteiger partial charge is 0.126 e. The van der Waals surface area contributed by atoms with Crippen LogP contribution in [-0.2, 0) is 0 Å². The Morgan fingerprint density at radius 2 is 2.25 bits per heavy atom. The van der Waals surface area contributed by atoms with Crippen LogP contribution in [0.15, 0.2) is 30.3 Å². The van der Waals surface area contributed by atoms with Gasteiger partial charge < -0.3 is 5.32 Å². The number of hydrogen-bond acceptors (Lipinski definition) is 4. The van der Waals surface area contributed by atoms with Crippen LogP contribution in [-0.4, -0.2) is 11.5 Å². The summed E-state index contributed by atoms with van der Waals surface area (Å²) in [5.41, 5.74) is 0.907. The highest BCUT2D eigenvalue weighted by atomic mass is 32.1. The van der Waals surface area contributed by atoms with E-state index in [9.17, 15) is 0 Å². The number of rotatable bonds is 3. The second-order valence-electron chi connectivity index (χ2n) is 3.21. The number of aromatic nitrogens is 1. The van der Waals surface area contributed by atoms with E-state index in [0.717, 1.165) is 22.9 Å². The summed E-state index contributed by atoms with van der Waals surface area (Å²) in [7, 11) is 0. The lowest BCUT2D eigenvalue weighted by atomic mass is 10.3. The number of hydrogen-bond donors (Lipinski definition) is 1. The van der Waals surface area contributed by atoms with Gasteiger partial charge in [0.15, 0.2) is 0 Å². The maximum absolute atomic E-state index is 8.76. The van der Waals surface area contributed by atoms with E-state index >= 15 is 0 Å². The monoisotopic (exact) mass is 229 g/mol. The molecule has 0 aliphatic heterocycles. The van der Waals surface area contributed by atoms with E-state index in [-0.39, 0.29) is 0 Å². The quantitative estimate of drug-likeness (QED) is 0.879. The van der Waals surface area contributed by atoms with Crippen molar-refractivity contribution in [2.24, 2.45) is 0 Å². The Kier molecular flexibility index (Phi) is 3.18. The van der Waals surface area contributed by atoms with Crippen LogP contribution < -0.4 is 5.32 Å². The molecule has 16 heavy (non-hydrogen) atoms. The Morgan fingerprint density at radius 3 is 2.94 bits per heavy atom. The van der Waals surface area contributed by atoms with Crippen molar-refractivity contribution in [3.63, 3.8) is 0 Å². The minimum Gasteiger partial charge on any atom is -0.370 e. The van der Waals surface area contributed by atoms with Crippen molar-refractivity contribution >= 4 is 17.2 Å². The zero-order chi connectivity index (χ0) is 11.4. The molecule has 2 aromatic rings. The van der Waals surface area contributed by atoms with E-state index in [4.69, 9.17) is 5.26 Å². The molecule has 0 saturated heterocycles. The molecule has 0 radical (unpaired) electrons. The summed E-state index contributed by atoms with van der Waals surface area (Å²) in [6, 6.07) is 11.7. The molecule has 0 amide bonds. The number of thiophene rings is 1. The van der Waals surface area contributed by atoms with Crippen molar-refractivity contribution in [2.75, 3.05) is 11.9 Å². The highest BCUT2D eigenvalue weighted by Gasteiger charge is 2.04. The van der Waals surface area contributed by atoms with Crippen LogP contribution in [0.4, 0.5) is 5.82 Å². The maximum Gasteiger partial charge on any atom is 0.126 e. The van der Waals surface area contributed by atoms with Crippen LogP contribution in [0, 0.1) is 11.3 Å². The predicted octanol–water partition coefficient (Wildman–Crippen LogP) is 3.11. The number of nitriles is 1. The van der Waals surface area contributed by atoms with Crippen LogP contribution in [0.1, 0.15) is 11.8 Å². The highest BCUT2D eigenvalue weighted by molar-refractivity contribution is 7.15. The van der Waals surface area contributed by atoms with Gasteiger partial charge in [-0.1, -0.05) is 6.07 Å². The minimum atomic E-state index is 0.714. The first-order valence-electron chi connectivity index (χ1n) is 5.04. The van der Waals surface area contributed by atoms with Crippen molar-refractivity contribution in [3.05, 3.63) is 35.2 Å². The van der Waals surface area contributed by atoms with E-state index < -0.39 is 0 Å². The second-order valence-corrected chi connectivity index (χ2v) is 4.30. The van der Waals surface area contributed by atoms with Gasteiger partial charge in [-0.2, -0.15) is 5.26 Å². The van der Waals surface area contributed by atoms with Gasteiger partial charge >= 0.3 is 0 Å². The third-order valence-corrected chi connectivity index (χ3v) is 3.09. The second kappa shape index (κ2) is 4.77. The summed E-state index contributed by atoms with van der Waals surface area (Å²) >= 11 is 1.46. The maximum atomic E-state index is 8.76. The summed E-state index contributed by atoms with van der Waals surface area (Å²) in [6.07, 6.45) is 0. The Bertz CT molecular complexity index is 525. The largest absolute Gasteiger partial charge is 0.370 e. The Labute approximate surface area is 98.4 Å². The molecule has 2 aromatic heterocycles. The standard InChI is InChI=1S/C12H11N3S/c1-2-14-12-5-3-4-10(15-12)11-7-6-9(8-13)16-11/h3-7H,2H2,1H3,(H,14,15). The average molecular weight is 229 g/mol. The normalized spacial score (nSPS) is 9.75. The third-order valence-electron chi connectivity index (χ3n) is 2.08. The molecule has 80 valence electrons. The molecular formula is C12H11N3S. The van der Waals surface area contributed by atoms with E-state index in [1.165, 1.54) is 11.3 Å². The molecule has 2 rings (SSSR count). The Balaban J connectivity index is 2.33. The molecule has 0 unspecified atom stereocenters. The SMILES string of the molecule is CCNc1cccc(-c2ccc(C#N)s2)n1. The molecule has 0 atom stereocenters. The first kappa shape index (κ1) is 10.7. The lowest BCUT2D eigenvalue weighted by Crippen LogP contribution is -1.98. The molecule has 0 saturated carbocycles. The van der Waals surface area contributed by atoms with Crippen molar-refractivity contribution < 1.29 is 0 Å². The summed E-state index contributed by atoms with van der Waals surface area (Å²) in [6.45, 7) is 2.89. The summed E-state index contributed by atoms with van der Waals surface area (Å²) in [5.74, 6) is 0.868. The fourth-order valence-electron chi connectivity index (χ4n) is 1.39. The number of anilines is 1. The molecule has 0 aliphatic carbocycles. The molecule has 0 aromatic carbocycles. The number of nitrogens with one attached hydrogen (secondary N) is 1. The fourth-order valence-corrected chi connectivity index (χ4v) is 2.16. The first-order valence-corrected chi connectivity index (χ1v) is 5.86. The van der Waals surface area contributed by atoms with Crippen LogP contribution in [0.5, 0.6) is 0 Å². The lowest BCUT2D eigenvalue weighted by Gasteiger charge is -2.03. The Morgan fingerprint density at radius 1 is 1.38 bits per heavy atom. The van der Waals surface area contributed by atoms with Gasteiger partial charge in [-0.05, 0) is 31.2 Å². The van der Waals surface area contributed by atoms with Crippen molar-refractivity contribution in [3.8, 4) is 16.6 Å². The third kappa shape index (κ3) is 2.20. The molecule has 0 bridgehead atoms. The van der Waals surface area contributed by atoms with E-state index in [2.05, 4.69) is 16.4 Å². The van der Waals surface area contributed by atoms with Crippen molar-refractivity contribution in [2.45, 2.75) is 6.92 Å². The lowest BCUT2D eigenvalue weighted by molar-refractivity contribution is 1.16. The molecule has 0 aliphatic rings. The van der Waals surface area contributed by atoms with E-state index in [0.29, 0.717) is 4.88 Å². The van der Waals surface area contributed by atoms with Crippen LogP contribution in [0.2, 0.25) is 0 Å². The fraction of sp³-hybridized carbons (Fsp3) is 0.167. The number of nitrogens with zero attached hydrogens (tertiary/aromatic N) is 2. The first-order chi connectivity index (χ1) is 7.83. The van der Waals surface area contributed by atoms with Gasteiger partial charge in [-0.15, -0.1) is 11.3 Å². The molecule has 0 fully saturated rings. The van der Waals surface area contributed by atoms with Crippen molar-refractivity contribution in [1.82, 2.24) is 4.98 Å². The molecule has 0 spiro atoms. The highest BCUT2D eigenvalue weighted by Crippen LogP contribution is 2.26. The van der Waals surface area contributed by atoms with Crippen LogP contribution in [0.3, 0.4) is 0 Å². The Hall–Kier alpha value is -1.86. The zero-order valence-electron chi connectivity index (χ0n) is 8.90.